The fraction of sp³-hybridized carbons (Fsp3) is 1.00. The summed E-state index contributed by atoms with van der Waals surface area (Å²) >= 11 is 0. The third-order valence-electron chi connectivity index (χ3n) is 3.77. The SMILES string of the molecule is COCC(CNC(C)C)N(CC1CC1)C1CC1. The molecule has 0 saturated heterocycles. The molecule has 3 nitrogen and oxygen atoms in total. The molecular formula is C14H28N2O. The first kappa shape index (κ1) is 13.3. The van der Waals surface area contributed by atoms with E-state index in [-0.39, 0.29) is 0 Å². The molecule has 1 unspecified atom stereocenters. The van der Waals surface area contributed by atoms with Gasteiger partial charge in [0.15, 0.2) is 0 Å². The summed E-state index contributed by atoms with van der Waals surface area (Å²) in [5.41, 5.74) is 0. The van der Waals surface area contributed by atoms with Crippen LogP contribution in [0.25, 0.3) is 0 Å². The van der Waals surface area contributed by atoms with Crippen LogP contribution in [0.4, 0.5) is 0 Å². The van der Waals surface area contributed by atoms with E-state index in [0.29, 0.717) is 12.1 Å². The van der Waals surface area contributed by atoms with Gasteiger partial charge in [-0.15, -0.1) is 0 Å². The Balaban J connectivity index is 1.84. The minimum Gasteiger partial charge on any atom is -0.383 e. The molecule has 2 aliphatic carbocycles. The molecule has 0 aromatic carbocycles. The van der Waals surface area contributed by atoms with Gasteiger partial charge < -0.3 is 10.1 Å². The molecule has 2 aliphatic rings. The largest absolute Gasteiger partial charge is 0.383 e. The van der Waals surface area contributed by atoms with Gasteiger partial charge in [-0.2, -0.15) is 0 Å². The molecule has 3 heteroatoms. The van der Waals surface area contributed by atoms with Crippen LogP contribution in [0.2, 0.25) is 0 Å². The average molecular weight is 240 g/mol. The van der Waals surface area contributed by atoms with Crippen LogP contribution in [0, 0.1) is 5.92 Å². The van der Waals surface area contributed by atoms with E-state index < -0.39 is 0 Å². The van der Waals surface area contributed by atoms with E-state index in [1.807, 2.05) is 7.11 Å². The maximum Gasteiger partial charge on any atom is 0.0630 e. The Morgan fingerprint density at radius 3 is 2.41 bits per heavy atom. The molecule has 0 radical (unpaired) electrons. The van der Waals surface area contributed by atoms with Crippen LogP contribution in [0.3, 0.4) is 0 Å². The second-order valence-electron chi connectivity index (χ2n) is 6.04. The number of nitrogens with zero attached hydrogens (tertiary/aromatic N) is 1. The molecule has 0 aliphatic heterocycles. The van der Waals surface area contributed by atoms with Gasteiger partial charge in [0.25, 0.3) is 0 Å². The van der Waals surface area contributed by atoms with Crippen molar-refractivity contribution in [3.63, 3.8) is 0 Å². The van der Waals surface area contributed by atoms with E-state index in [1.54, 1.807) is 0 Å². The zero-order valence-corrected chi connectivity index (χ0v) is 11.6. The molecule has 1 atom stereocenters. The highest BCUT2D eigenvalue weighted by Crippen LogP contribution is 2.35. The van der Waals surface area contributed by atoms with Crippen molar-refractivity contribution in [3.05, 3.63) is 0 Å². The zero-order chi connectivity index (χ0) is 12.3. The third-order valence-corrected chi connectivity index (χ3v) is 3.77. The molecule has 0 amide bonds. The van der Waals surface area contributed by atoms with Crippen LogP contribution < -0.4 is 5.32 Å². The second kappa shape index (κ2) is 6.17. The van der Waals surface area contributed by atoms with E-state index in [2.05, 4.69) is 24.1 Å². The molecule has 0 bridgehead atoms. The molecule has 0 heterocycles. The number of ether oxygens (including phenoxy) is 1. The molecule has 100 valence electrons. The minimum absolute atomic E-state index is 0.565. The summed E-state index contributed by atoms with van der Waals surface area (Å²) in [4.78, 5) is 2.72. The van der Waals surface area contributed by atoms with Crippen molar-refractivity contribution in [2.45, 2.75) is 57.7 Å². The summed E-state index contributed by atoms with van der Waals surface area (Å²) in [6, 6.07) is 1.98. The van der Waals surface area contributed by atoms with Gasteiger partial charge in [-0.05, 0) is 31.6 Å². The molecule has 2 fully saturated rings. The summed E-state index contributed by atoms with van der Waals surface area (Å²) in [5.74, 6) is 0.981. The number of nitrogens with one attached hydrogen (secondary N) is 1. The zero-order valence-electron chi connectivity index (χ0n) is 11.6. The summed E-state index contributed by atoms with van der Waals surface area (Å²) in [5, 5.41) is 3.57. The minimum atomic E-state index is 0.565. The first-order valence-electron chi connectivity index (χ1n) is 7.18. The lowest BCUT2D eigenvalue weighted by atomic mass is 10.2. The lowest BCUT2D eigenvalue weighted by Crippen LogP contribution is -2.48. The summed E-state index contributed by atoms with van der Waals surface area (Å²) < 4.78 is 5.42. The van der Waals surface area contributed by atoms with E-state index in [4.69, 9.17) is 4.74 Å². The Morgan fingerprint density at radius 2 is 1.94 bits per heavy atom. The standard InChI is InChI=1S/C14H28N2O/c1-11(2)15-8-14(10-17-3)16(13-6-7-13)9-12-4-5-12/h11-15H,4-10H2,1-3H3. The van der Waals surface area contributed by atoms with Crippen molar-refractivity contribution in [2.24, 2.45) is 5.92 Å². The quantitative estimate of drug-likeness (QED) is 0.666. The van der Waals surface area contributed by atoms with Gasteiger partial charge in [-0.1, -0.05) is 13.8 Å². The summed E-state index contributed by atoms with van der Waals surface area (Å²) in [6.45, 7) is 7.66. The number of hydrogen-bond donors (Lipinski definition) is 1. The first-order chi connectivity index (χ1) is 8.20. The van der Waals surface area contributed by atoms with Crippen molar-refractivity contribution in [3.8, 4) is 0 Å². The Hall–Kier alpha value is -0.120. The van der Waals surface area contributed by atoms with Crippen LogP contribution >= 0.6 is 0 Å². The highest BCUT2D eigenvalue weighted by atomic mass is 16.5. The van der Waals surface area contributed by atoms with E-state index in [1.165, 1.54) is 32.2 Å². The normalized spacial score (nSPS) is 22.4. The molecule has 1 N–H and O–H groups in total. The van der Waals surface area contributed by atoms with Crippen molar-refractivity contribution >= 4 is 0 Å². The molecular weight excluding hydrogens is 212 g/mol. The van der Waals surface area contributed by atoms with Crippen molar-refractivity contribution < 1.29 is 4.74 Å². The number of methoxy groups -OCH3 is 1. The van der Waals surface area contributed by atoms with Gasteiger partial charge >= 0.3 is 0 Å². The van der Waals surface area contributed by atoms with Gasteiger partial charge in [0, 0.05) is 38.3 Å². The smallest absolute Gasteiger partial charge is 0.0630 e. The predicted molar refractivity (Wildman–Crippen MR) is 71.3 cm³/mol. The maximum absolute atomic E-state index is 5.42. The Bertz CT molecular complexity index is 224. The molecule has 0 aromatic rings. The van der Waals surface area contributed by atoms with E-state index >= 15 is 0 Å². The van der Waals surface area contributed by atoms with Gasteiger partial charge in [-0.25, -0.2) is 0 Å². The van der Waals surface area contributed by atoms with Crippen molar-refractivity contribution in [1.82, 2.24) is 10.2 Å². The van der Waals surface area contributed by atoms with Gasteiger partial charge in [0.2, 0.25) is 0 Å². The number of rotatable bonds is 9. The molecule has 0 spiro atoms. The van der Waals surface area contributed by atoms with Gasteiger partial charge in [-0.3, -0.25) is 4.90 Å². The van der Waals surface area contributed by atoms with Gasteiger partial charge in [0.1, 0.15) is 0 Å². The molecule has 2 saturated carbocycles. The fourth-order valence-corrected chi connectivity index (χ4v) is 2.44. The highest BCUT2D eigenvalue weighted by Gasteiger charge is 2.37. The van der Waals surface area contributed by atoms with Crippen molar-refractivity contribution in [2.75, 3.05) is 26.8 Å². The summed E-state index contributed by atoms with van der Waals surface area (Å²) in [7, 11) is 1.82. The van der Waals surface area contributed by atoms with Gasteiger partial charge in [0.05, 0.1) is 6.61 Å². The molecule has 17 heavy (non-hydrogen) atoms. The Labute approximate surface area is 106 Å². The monoisotopic (exact) mass is 240 g/mol. The van der Waals surface area contributed by atoms with Crippen LogP contribution in [-0.4, -0.2) is 49.8 Å². The molecule has 2 rings (SSSR count). The van der Waals surface area contributed by atoms with Crippen molar-refractivity contribution in [1.29, 1.82) is 0 Å². The lowest BCUT2D eigenvalue weighted by molar-refractivity contribution is 0.0795. The van der Waals surface area contributed by atoms with Crippen LogP contribution in [-0.2, 0) is 4.74 Å². The highest BCUT2D eigenvalue weighted by molar-refractivity contribution is 4.92. The predicted octanol–water partition coefficient (Wildman–Crippen LogP) is 1.87. The average Bonchev–Trinajstić information content (AvgIpc) is 3.14. The van der Waals surface area contributed by atoms with E-state index in [0.717, 1.165) is 25.1 Å². The second-order valence-corrected chi connectivity index (χ2v) is 6.04. The van der Waals surface area contributed by atoms with E-state index in [9.17, 15) is 0 Å². The van der Waals surface area contributed by atoms with Crippen LogP contribution in [0.15, 0.2) is 0 Å². The Morgan fingerprint density at radius 1 is 1.24 bits per heavy atom. The lowest BCUT2D eigenvalue weighted by Gasteiger charge is -2.32. The Kier molecular flexibility index (Phi) is 4.83. The van der Waals surface area contributed by atoms with Crippen LogP contribution in [0.5, 0.6) is 0 Å². The third kappa shape index (κ3) is 4.57. The molecule has 0 aromatic heterocycles. The maximum atomic E-state index is 5.42. The topological polar surface area (TPSA) is 24.5 Å². The number of hydrogen-bond acceptors (Lipinski definition) is 3. The summed E-state index contributed by atoms with van der Waals surface area (Å²) in [6.07, 6.45) is 5.68. The first-order valence-corrected chi connectivity index (χ1v) is 7.18. The van der Waals surface area contributed by atoms with Crippen LogP contribution in [0.1, 0.15) is 39.5 Å². The fourth-order valence-electron chi connectivity index (χ4n) is 2.44.